The van der Waals surface area contributed by atoms with Gasteiger partial charge in [0.25, 0.3) is 0 Å². The van der Waals surface area contributed by atoms with Gasteiger partial charge in [0.1, 0.15) is 11.6 Å². The zero-order valence-corrected chi connectivity index (χ0v) is 12.1. The molecule has 0 aliphatic heterocycles. The summed E-state index contributed by atoms with van der Waals surface area (Å²) in [6.07, 6.45) is 1.44. The van der Waals surface area contributed by atoms with Crippen molar-refractivity contribution in [3.05, 3.63) is 52.6 Å². The molecule has 1 aromatic carbocycles. The molecule has 0 bridgehead atoms. The van der Waals surface area contributed by atoms with Gasteiger partial charge in [-0.25, -0.2) is 4.39 Å². The summed E-state index contributed by atoms with van der Waals surface area (Å²) in [4.78, 5) is 12.0. The van der Waals surface area contributed by atoms with Gasteiger partial charge in [0.2, 0.25) is 0 Å². The standard InChI is InChI=1S/C16H19FN2O/c1-11-16(12(2)19(3)18-11)8-7-15(20)10-13-5-4-6-14(17)9-13/h4-6,9H,7-8,10H2,1-3H3. The van der Waals surface area contributed by atoms with Crippen molar-refractivity contribution in [2.24, 2.45) is 7.05 Å². The van der Waals surface area contributed by atoms with Gasteiger partial charge in [0, 0.05) is 25.6 Å². The summed E-state index contributed by atoms with van der Waals surface area (Å²) in [5.74, 6) is -0.174. The van der Waals surface area contributed by atoms with Crippen molar-refractivity contribution in [2.75, 3.05) is 0 Å². The summed E-state index contributed by atoms with van der Waals surface area (Å²) in [6.45, 7) is 3.96. The Bertz CT molecular complexity index is 631. The van der Waals surface area contributed by atoms with Crippen molar-refractivity contribution in [1.29, 1.82) is 0 Å². The van der Waals surface area contributed by atoms with Gasteiger partial charge in [-0.1, -0.05) is 12.1 Å². The molecule has 20 heavy (non-hydrogen) atoms. The summed E-state index contributed by atoms with van der Waals surface area (Å²) in [5, 5.41) is 4.34. The summed E-state index contributed by atoms with van der Waals surface area (Å²) in [6, 6.07) is 6.21. The third-order valence-corrected chi connectivity index (χ3v) is 3.60. The molecular weight excluding hydrogens is 255 g/mol. The monoisotopic (exact) mass is 274 g/mol. The van der Waals surface area contributed by atoms with Crippen LogP contribution in [0.2, 0.25) is 0 Å². The predicted octanol–water partition coefficient (Wildman–Crippen LogP) is 2.92. The molecule has 0 amide bonds. The number of halogens is 1. The zero-order valence-electron chi connectivity index (χ0n) is 12.1. The largest absolute Gasteiger partial charge is 0.299 e. The molecule has 0 spiro atoms. The molecular formula is C16H19FN2O. The van der Waals surface area contributed by atoms with Crippen molar-refractivity contribution >= 4 is 5.78 Å². The summed E-state index contributed by atoms with van der Waals surface area (Å²) in [5.41, 5.74) is 3.94. The molecule has 3 nitrogen and oxygen atoms in total. The molecule has 0 atom stereocenters. The maximum atomic E-state index is 13.1. The number of Topliss-reactive ketones (excluding diaryl/α,β-unsaturated/α-hetero) is 1. The lowest BCUT2D eigenvalue weighted by molar-refractivity contribution is -0.118. The van der Waals surface area contributed by atoms with Gasteiger partial charge >= 0.3 is 0 Å². The van der Waals surface area contributed by atoms with E-state index in [1.54, 1.807) is 12.1 Å². The van der Waals surface area contributed by atoms with Crippen molar-refractivity contribution in [1.82, 2.24) is 9.78 Å². The average molecular weight is 274 g/mol. The van der Waals surface area contributed by atoms with E-state index in [2.05, 4.69) is 5.10 Å². The van der Waals surface area contributed by atoms with Crippen molar-refractivity contribution in [2.45, 2.75) is 33.1 Å². The van der Waals surface area contributed by atoms with E-state index in [0.29, 0.717) is 12.8 Å². The van der Waals surface area contributed by atoms with Crippen LogP contribution >= 0.6 is 0 Å². The fourth-order valence-corrected chi connectivity index (χ4v) is 2.41. The van der Waals surface area contributed by atoms with Gasteiger partial charge < -0.3 is 0 Å². The van der Waals surface area contributed by atoms with Crippen molar-refractivity contribution < 1.29 is 9.18 Å². The van der Waals surface area contributed by atoms with Crippen molar-refractivity contribution in [3.8, 4) is 0 Å². The second kappa shape index (κ2) is 5.99. The third kappa shape index (κ3) is 3.32. The van der Waals surface area contributed by atoms with Crippen LogP contribution in [0.3, 0.4) is 0 Å². The number of ketones is 1. The minimum absolute atomic E-state index is 0.123. The molecule has 0 saturated heterocycles. The van der Waals surface area contributed by atoms with Gasteiger partial charge in [0.05, 0.1) is 5.69 Å². The van der Waals surface area contributed by atoms with Crippen LogP contribution in [0, 0.1) is 19.7 Å². The van der Waals surface area contributed by atoms with Gasteiger partial charge in [-0.2, -0.15) is 5.10 Å². The number of carbonyl (C=O) groups is 1. The molecule has 106 valence electrons. The summed E-state index contributed by atoms with van der Waals surface area (Å²) in [7, 11) is 1.90. The van der Waals surface area contributed by atoms with Gasteiger partial charge in [0.15, 0.2) is 0 Å². The van der Waals surface area contributed by atoms with Crippen LogP contribution in [-0.2, 0) is 24.7 Å². The number of benzene rings is 1. The highest BCUT2D eigenvalue weighted by molar-refractivity contribution is 5.81. The first-order chi connectivity index (χ1) is 9.47. The topological polar surface area (TPSA) is 34.9 Å². The lowest BCUT2D eigenvalue weighted by Crippen LogP contribution is -2.05. The average Bonchev–Trinajstić information content (AvgIpc) is 2.61. The fourth-order valence-electron chi connectivity index (χ4n) is 2.41. The van der Waals surface area contributed by atoms with E-state index >= 15 is 0 Å². The van der Waals surface area contributed by atoms with Crippen LogP contribution < -0.4 is 0 Å². The highest BCUT2D eigenvalue weighted by Crippen LogP contribution is 2.15. The van der Waals surface area contributed by atoms with Crippen molar-refractivity contribution in [3.63, 3.8) is 0 Å². The molecule has 0 saturated carbocycles. The second-order valence-corrected chi connectivity index (χ2v) is 5.12. The molecule has 0 N–H and O–H groups in total. The molecule has 0 radical (unpaired) electrons. The Morgan fingerprint density at radius 1 is 1.35 bits per heavy atom. The van der Waals surface area contributed by atoms with Gasteiger partial charge in [-0.3, -0.25) is 9.48 Å². The zero-order chi connectivity index (χ0) is 14.7. The Morgan fingerprint density at radius 2 is 2.10 bits per heavy atom. The van der Waals surface area contributed by atoms with E-state index in [4.69, 9.17) is 0 Å². The van der Waals surface area contributed by atoms with Crippen LogP contribution in [0.15, 0.2) is 24.3 Å². The maximum Gasteiger partial charge on any atom is 0.137 e. The summed E-state index contributed by atoms with van der Waals surface area (Å²) >= 11 is 0. The smallest absolute Gasteiger partial charge is 0.137 e. The first-order valence-corrected chi connectivity index (χ1v) is 6.72. The van der Waals surface area contributed by atoms with E-state index in [1.165, 1.54) is 12.1 Å². The summed E-state index contributed by atoms with van der Waals surface area (Å²) < 4.78 is 14.9. The maximum absolute atomic E-state index is 13.1. The number of carbonyl (C=O) groups excluding carboxylic acids is 1. The predicted molar refractivity (Wildman–Crippen MR) is 76.1 cm³/mol. The number of aromatic nitrogens is 2. The molecule has 1 heterocycles. The Hall–Kier alpha value is -1.97. The number of nitrogens with zero attached hydrogens (tertiary/aromatic N) is 2. The quantitative estimate of drug-likeness (QED) is 0.840. The fraction of sp³-hybridized carbons (Fsp3) is 0.375. The van der Waals surface area contributed by atoms with Crippen LogP contribution in [-0.4, -0.2) is 15.6 Å². The van der Waals surface area contributed by atoms with Crippen LogP contribution in [0.4, 0.5) is 4.39 Å². The Morgan fingerprint density at radius 3 is 2.70 bits per heavy atom. The Labute approximate surface area is 118 Å². The SMILES string of the molecule is Cc1nn(C)c(C)c1CCC(=O)Cc1cccc(F)c1. The highest BCUT2D eigenvalue weighted by Gasteiger charge is 2.11. The van der Waals surface area contributed by atoms with E-state index < -0.39 is 0 Å². The van der Waals surface area contributed by atoms with E-state index in [0.717, 1.165) is 22.5 Å². The van der Waals surface area contributed by atoms with E-state index in [-0.39, 0.29) is 18.0 Å². The number of rotatable bonds is 5. The Kier molecular flexibility index (Phi) is 4.32. The van der Waals surface area contributed by atoms with E-state index in [9.17, 15) is 9.18 Å². The van der Waals surface area contributed by atoms with E-state index in [1.807, 2.05) is 25.6 Å². The first kappa shape index (κ1) is 14.4. The number of hydrogen-bond donors (Lipinski definition) is 0. The third-order valence-electron chi connectivity index (χ3n) is 3.60. The lowest BCUT2D eigenvalue weighted by atomic mass is 10.0. The minimum atomic E-state index is -0.297. The molecule has 1 aromatic heterocycles. The number of hydrogen-bond acceptors (Lipinski definition) is 2. The molecule has 4 heteroatoms. The highest BCUT2D eigenvalue weighted by atomic mass is 19.1. The molecule has 2 rings (SSSR count). The molecule has 0 fully saturated rings. The molecule has 0 aliphatic rings. The Balaban J connectivity index is 1.96. The molecule has 2 aromatic rings. The minimum Gasteiger partial charge on any atom is -0.299 e. The lowest BCUT2D eigenvalue weighted by Gasteiger charge is -2.03. The van der Waals surface area contributed by atoms with Crippen LogP contribution in [0.25, 0.3) is 0 Å². The first-order valence-electron chi connectivity index (χ1n) is 6.72. The van der Waals surface area contributed by atoms with Gasteiger partial charge in [-0.15, -0.1) is 0 Å². The second-order valence-electron chi connectivity index (χ2n) is 5.12. The van der Waals surface area contributed by atoms with Crippen LogP contribution in [0.1, 0.15) is 28.9 Å². The van der Waals surface area contributed by atoms with Crippen LogP contribution in [0.5, 0.6) is 0 Å². The number of aryl methyl sites for hydroxylation is 2. The molecule has 0 aliphatic carbocycles. The normalized spacial score (nSPS) is 10.8. The van der Waals surface area contributed by atoms with Gasteiger partial charge in [-0.05, 0) is 43.5 Å². The molecule has 0 unspecified atom stereocenters.